The fourth-order valence-electron chi connectivity index (χ4n) is 2.94. The van der Waals surface area contributed by atoms with E-state index in [0.717, 1.165) is 11.1 Å². The van der Waals surface area contributed by atoms with Crippen molar-refractivity contribution in [3.05, 3.63) is 78.4 Å². The largest absolute Gasteiger partial charge is 0.493 e. The molecule has 0 fully saturated rings. The van der Waals surface area contributed by atoms with Crippen molar-refractivity contribution in [2.75, 3.05) is 19.0 Å². The normalized spacial score (nSPS) is 10.5. The van der Waals surface area contributed by atoms with Crippen LogP contribution < -0.4 is 14.8 Å². The molecule has 7 heteroatoms. The summed E-state index contributed by atoms with van der Waals surface area (Å²) >= 11 is 0. The van der Waals surface area contributed by atoms with Crippen molar-refractivity contribution in [2.45, 2.75) is 6.92 Å². The second kappa shape index (κ2) is 9.13. The number of nitrogens with zero attached hydrogens (tertiary/aromatic N) is 2. The van der Waals surface area contributed by atoms with Gasteiger partial charge in [0.15, 0.2) is 18.1 Å². The van der Waals surface area contributed by atoms with Gasteiger partial charge in [0.25, 0.3) is 11.8 Å². The number of para-hydroxylation sites is 2. The first-order valence-electron chi connectivity index (χ1n) is 9.69. The van der Waals surface area contributed by atoms with E-state index in [1.165, 1.54) is 5.56 Å². The molecule has 0 saturated carbocycles. The summed E-state index contributed by atoms with van der Waals surface area (Å²) in [6.45, 7) is 1.89. The molecular formula is C24H21N3O4. The molecule has 0 radical (unpaired) electrons. The minimum atomic E-state index is -0.280. The number of rotatable bonds is 7. The molecule has 0 aliphatic rings. The molecule has 1 aromatic heterocycles. The molecule has 7 nitrogen and oxygen atoms in total. The SMILES string of the molecule is COc1ccccc1OCC(=O)Nc1ccc(-c2nc(-c3ccc(C)cc3)no2)cc1. The van der Waals surface area contributed by atoms with Crippen LogP contribution in [-0.2, 0) is 4.79 Å². The summed E-state index contributed by atoms with van der Waals surface area (Å²) in [5.41, 5.74) is 3.45. The highest BCUT2D eigenvalue weighted by atomic mass is 16.5. The van der Waals surface area contributed by atoms with Gasteiger partial charge in [0.1, 0.15) is 0 Å². The quantitative estimate of drug-likeness (QED) is 0.469. The van der Waals surface area contributed by atoms with E-state index in [1.807, 2.05) is 55.5 Å². The first kappa shape index (κ1) is 20.2. The van der Waals surface area contributed by atoms with Crippen LogP contribution in [0.25, 0.3) is 22.8 Å². The monoisotopic (exact) mass is 415 g/mol. The second-order valence-corrected chi connectivity index (χ2v) is 6.85. The van der Waals surface area contributed by atoms with Crippen LogP contribution in [0.4, 0.5) is 5.69 Å². The topological polar surface area (TPSA) is 86.5 Å². The van der Waals surface area contributed by atoms with Crippen molar-refractivity contribution in [3.8, 4) is 34.3 Å². The highest BCUT2D eigenvalue weighted by Crippen LogP contribution is 2.26. The van der Waals surface area contributed by atoms with E-state index < -0.39 is 0 Å². The van der Waals surface area contributed by atoms with Gasteiger partial charge in [-0.3, -0.25) is 4.79 Å². The Hall–Kier alpha value is -4.13. The third-order valence-corrected chi connectivity index (χ3v) is 4.58. The minimum absolute atomic E-state index is 0.133. The van der Waals surface area contributed by atoms with Crippen molar-refractivity contribution in [1.82, 2.24) is 10.1 Å². The van der Waals surface area contributed by atoms with Crippen LogP contribution >= 0.6 is 0 Å². The molecule has 156 valence electrons. The molecule has 1 heterocycles. The lowest BCUT2D eigenvalue weighted by Gasteiger charge is -2.10. The molecule has 1 amide bonds. The Morgan fingerprint density at radius 3 is 2.32 bits per heavy atom. The van der Waals surface area contributed by atoms with Crippen molar-refractivity contribution in [3.63, 3.8) is 0 Å². The number of amides is 1. The summed E-state index contributed by atoms with van der Waals surface area (Å²) in [5.74, 6) is 1.74. The van der Waals surface area contributed by atoms with E-state index in [2.05, 4.69) is 15.5 Å². The standard InChI is InChI=1S/C24H21N3O4/c1-16-7-9-17(10-8-16)23-26-24(31-27-23)18-11-13-19(14-12-18)25-22(28)15-30-21-6-4-3-5-20(21)29-2/h3-14H,15H2,1-2H3,(H,25,28). The number of ether oxygens (including phenoxy) is 2. The van der Waals surface area contributed by atoms with Crippen LogP contribution in [0.2, 0.25) is 0 Å². The Kier molecular flexibility index (Phi) is 5.93. The van der Waals surface area contributed by atoms with Gasteiger partial charge in [0, 0.05) is 16.8 Å². The van der Waals surface area contributed by atoms with E-state index in [4.69, 9.17) is 14.0 Å². The molecule has 1 N–H and O–H groups in total. The highest BCUT2D eigenvalue weighted by Gasteiger charge is 2.11. The van der Waals surface area contributed by atoms with Crippen molar-refractivity contribution in [1.29, 1.82) is 0 Å². The van der Waals surface area contributed by atoms with Crippen LogP contribution in [0.1, 0.15) is 5.56 Å². The van der Waals surface area contributed by atoms with E-state index >= 15 is 0 Å². The Morgan fingerprint density at radius 2 is 1.61 bits per heavy atom. The maximum atomic E-state index is 12.2. The third kappa shape index (κ3) is 4.90. The first-order chi connectivity index (χ1) is 15.1. The van der Waals surface area contributed by atoms with Crippen molar-refractivity contribution >= 4 is 11.6 Å². The van der Waals surface area contributed by atoms with Gasteiger partial charge in [-0.25, -0.2) is 0 Å². The number of hydrogen-bond acceptors (Lipinski definition) is 6. The van der Waals surface area contributed by atoms with Gasteiger partial charge >= 0.3 is 0 Å². The van der Waals surface area contributed by atoms with Gasteiger partial charge in [-0.2, -0.15) is 4.98 Å². The van der Waals surface area contributed by atoms with Gasteiger partial charge in [0.05, 0.1) is 7.11 Å². The van der Waals surface area contributed by atoms with E-state index in [-0.39, 0.29) is 12.5 Å². The molecule has 0 aliphatic carbocycles. The molecule has 0 aliphatic heterocycles. The van der Waals surface area contributed by atoms with Crippen LogP contribution in [0.3, 0.4) is 0 Å². The van der Waals surface area contributed by atoms with Gasteiger partial charge < -0.3 is 19.3 Å². The van der Waals surface area contributed by atoms with E-state index in [1.54, 1.807) is 31.4 Å². The molecule has 31 heavy (non-hydrogen) atoms. The van der Waals surface area contributed by atoms with Crippen molar-refractivity contribution < 1.29 is 18.8 Å². The minimum Gasteiger partial charge on any atom is -0.493 e. The lowest BCUT2D eigenvalue weighted by atomic mass is 10.1. The Labute approximate surface area is 179 Å². The average molecular weight is 415 g/mol. The van der Waals surface area contributed by atoms with Crippen molar-refractivity contribution in [2.24, 2.45) is 0 Å². The molecule has 0 atom stereocenters. The predicted molar refractivity (Wildman–Crippen MR) is 117 cm³/mol. The maximum absolute atomic E-state index is 12.2. The summed E-state index contributed by atoms with van der Waals surface area (Å²) < 4.78 is 16.1. The number of hydrogen-bond donors (Lipinski definition) is 1. The molecule has 4 aromatic rings. The lowest BCUT2D eigenvalue weighted by molar-refractivity contribution is -0.118. The Balaban J connectivity index is 1.37. The van der Waals surface area contributed by atoms with Gasteiger partial charge in [0.2, 0.25) is 5.82 Å². The molecule has 0 saturated heterocycles. The van der Waals surface area contributed by atoms with E-state index in [9.17, 15) is 4.79 Å². The van der Waals surface area contributed by atoms with E-state index in [0.29, 0.717) is 28.9 Å². The predicted octanol–water partition coefficient (Wildman–Crippen LogP) is 4.74. The lowest BCUT2D eigenvalue weighted by Crippen LogP contribution is -2.20. The van der Waals surface area contributed by atoms with Gasteiger partial charge in [-0.1, -0.05) is 47.1 Å². The second-order valence-electron chi connectivity index (χ2n) is 6.85. The molecule has 3 aromatic carbocycles. The molecule has 0 bridgehead atoms. The highest BCUT2D eigenvalue weighted by molar-refractivity contribution is 5.92. The van der Waals surface area contributed by atoms with Crippen LogP contribution in [-0.4, -0.2) is 29.8 Å². The fraction of sp³-hybridized carbons (Fsp3) is 0.125. The zero-order valence-electron chi connectivity index (χ0n) is 17.2. The molecule has 4 rings (SSSR count). The Morgan fingerprint density at radius 1 is 0.935 bits per heavy atom. The summed E-state index contributed by atoms with van der Waals surface area (Å²) in [5, 5.41) is 6.84. The average Bonchev–Trinajstić information content (AvgIpc) is 3.29. The number of benzene rings is 3. The fourth-order valence-corrected chi connectivity index (χ4v) is 2.94. The number of carbonyl (C=O) groups excluding carboxylic acids is 1. The number of anilines is 1. The number of nitrogens with one attached hydrogen (secondary N) is 1. The molecule has 0 spiro atoms. The molecular weight excluding hydrogens is 394 g/mol. The summed E-state index contributed by atoms with van der Waals surface area (Å²) in [6.07, 6.45) is 0. The zero-order chi connectivity index (χ0) is 21.6. The summed E-state index contributed by atoms with van der Waals surface area (Å²) in [4.78, 5) is 16.7. The van der Waals surface area contributed by atoms with Crippen LogP contribution in [0.15, 0.2) is 77.3 Å². The number of carbonyl (C=O) groups is 1. The maximum Gasteiger partial charge on any atom is 0.262 e. The summed E-state index contributed by atoms with van der Waals surface area (Å²) in [7, 11) is 1.55. The number of aryl methyl sites for hydroxylation is 1. The van der Waals surface area contributed by atoms with Gasteiger partial charge in [-0.05, 0) is 43.3 Å². The van der Waals surface area contributed by atoms with Gasteiger partial charge in [-0.15, -0.1) is 0 Å². The first-order valence-corrected chi connectivity index (χ1v) is 9.69. The van der Waals surface area contributed by atoms with Crippen LogP contribution in [0.5, 0.6) is 11.5 Å². The third-order valence-electron chi connectivity index (χ3n) is 4.58. The van der Waals surface area contributed by atoms with Crippen LogP contribution in [0, 0.1) is 6.92 Å². The zero-order valence-corrected chi connectivity index (χ0v) is 17.2. The Bertz CT molecular complexity index is 1170. The number of aromatic nitrogens is 2. The number of methoxy groups -OCH3 is 1. The smallest absolute Gasteiger partial charge is 0.262 e. The summed E-state index contributed by atoms with van der Waals surface area (Å²) in [6, 6.07) is 22.2. The molecule has 0 unspecified atom stereocenters.